The van der Waals surface area contributed by atoms with E-state index in [4.69, 9.17) is 4.42 Å². The van der Waals surface area contributed by atoms with Gasteiger partial charge in [-0.25, -0.2) is 9.97 Å². The maximum atomic E-state index is 12.0. The lowest BCUT2D eigenvalue weighted by Crippen LogP contribution is -2.33. The van der Waals surface area contributed by atoms with Crippen LogP contribution in [0.1, 0.15) is 21.7 Å². The van der Waals surface area contributed by atoms with Gasteiger partial charge in [-0.15, -0.1) is 0 Å². The normalized spacial score (nSPS) is 12.9. The van der Waals surface area contributed by atoms with Gasteiger partial charge in [-0.2, -0.15) is 0 Å². The Labute approximate surface area is 159 Å². The van der Waals surface area contributed by atoms with E-state index in [1.807, 2.05) is 23.1 Å². The van der Waals surface area contributed by atoms with E-state index in [1.165, 1.54) is 24.2 Å². The quantitative estimate of drug-likeness (QED) is 0.510. The van der Waals surface area contributed by atoms with E-state index in [-0.39, 0.29) is 23.1 Å². The van der Waals surface area contributed by atoms with E-state index in [2.05, 4.69) is 26.9 Å². The minimum absolute atomic E-state index is 0.0667. The molecule has 0 aliphatic carbocycles. The molecule has 10 heteroatoms. The number of hydrogen-bond acceptors (Lipinski definition) is 8. The molecule has 3 aromatic rings. The van der Waals surface area contributed by atoms with Gasteiger partial charge >= 0.3 is 11.6 Å². The number of fused-ring (bicyclic) bond motifs is 1. The van der Waals surface area contributed by atoms with Crippen molar-refractivity contribution >= 4 is 23.2 Å². The fourth-order valence-electron chi connectivity index (χ4n) is 3.12. The van der Waals surface area contributed by atoms with Crippen LogP contribution in [-0.2, 0) is 13.0 Å². The number of carbonyl (C=O) groups is 1. The number of furan rings is 1. The van der Waals surface area contributed by atoms with Gasteiger partial charge in [-0.05, 0) is 29.7 Å². The summed E-state index contributed by atoms with van der Waals surface area (Å²) in [5, 5.41) is 11.7. The van der Waals surface area contributed by atoms with Crippen LogP contribution in [0.5, 0.6) is 0 Å². The van der Waals surface area contributed by atoms with E-state index in [0.717, 1.165) is 12.0 Å². The zero-order valence-electron chi connectivity index (χ0n) is 14.7. The van der Waals surface area contributed by atoms with Crippen molar-refractivity contribution in [1.82, 2.24) is 15.4 Å². The second-order valence-corrected chi connectivity index (χ2v) is 6.15. The van der Waals surface area contributed by atoms with Crippen molar-refractivity contribution in [3.63, 3.8) is 0 Å². The Morgan fingerprint density at radius 1 is 1.18 bits per heavy atom. The van der Waals surface area contributed by atoms with Crippen LogP contribution in [0, 0.1) is 10.1 Å². The highest BCUT2D eigenvalue weighted by Gasteiger charge is 2.29. The Morgan fingerprint density at radius 3 is 2.75 bits per heavy atom. The topological polar surface area (TPSA) is 126 Å². The van der Waals surface area contributed by atoms with E-state index < -0.39 is 10.8 Å². The predicted molar refractivity (Wildman–Crippen MR) is 99.7 cm³/mol. The third kappa shape index (κ3) is 3.34. The van der Waals surface area contributed by atoms with Crippen molar-refractivity contribution in [2.75, 3.05) is 16.9 Å². The summed E-state index contributed by atoms with van der Waals surface area (Å²) in [4.78, 5) is 33.1. The minimum Gasteiger partial charge on any atom is -0.459 e. The largest absolute Gasteiger partial charge is 0.459 e. The van der Waals surface area contributed by atoms with Crippen molar-refractivity contribution < 1.29 is 14.1 Å². The molecule has 1 aromatic carbocycles. The number of amides is 1. The van der Waals surface area contributed by atoms with Crippen molar-refractivity contribution in [2.24, 2.45) is 0 Å². The summed E-state index contributed by atoms with van der Waals surface area (Å²) in [5.74, 6) is -0.415. The Bertz CT molecular complexity index is 1020. The molecule has 1 amide bonds. The number of carbonyl (C=O) groups excluding carboxylic acids is 1. The molecule has 0 fully saturated rings. The molecule has 1 aliphatic rings. The second kappa shape index (κ2) is 7.35. The lowest BCUT2D eigenvalue weighted by atomic mass is 10.00. The Kier molecular flexibility index (Phi) is 4.58. The van der Waals surface area contributed by atoms with Gasteiger partial charge in [0.05, 0.1) is 11.2 Å². The molecule has 0 saturated heterocycles. The highest BCUT2D eigenvalue weighted by atomic mass is 16.6. The minimum atomic E-state index is -0.577. The predicted octanol–water partition coefficient (Wildman–Crippen LogP) is 2.30. The van der Waals surface area contributed by atoms with Crippen LogP contribution in [0.3, 0.4) is 0 Å². The van der Waals surface area contributed by atoms with Crippen LogP contribution in [0.2, 0.25) is 0 Å². The summed E-state index contributed by atoms with van der Waals surface area (Å²) < 4.78 is 4.99. The number of anilines is 2. The first-order valence-electron chi connectivity index (χ1n) is 8.54. The van der Waals surface area contributed by atoms with Crippen molar-refractivity contribution in [2.45, 2.75) is 13.0 Å². The van der Waals surface area contributed by atoms with E-state index >= 15 is 0 Å². The van der Waals surface area contributed by atoms with Crippen molar-refractivity contribution in [1.29, 1.82) is 0 Å². The first kappa shape index (κ1) is 17.5. The molecule has 0 bridgehead atoms. The molecule has 0 unspecified atom stereocenters. The number of nitrogens with one attached hydrogen (secondary N) is 2. The summed E-state index contributed by atoms with van der Waals surface area (Å²) in [7, 11) is 0. The van der Waals surface area contributed by atoms with Gasteiger partial charge in [-0.3, -0.25) is 25.8 Å². The van der Waals surface area contributed by atoms with Crippen LogP contribution in [0.25, 0.3) is 0 Å². The molecule has 3 heterocycles. The lowest BCUT2D eigenvalue weighted by Gasteiger charge is -2.29. The number of benzene rings is 1. The highest BCUT2D eigenvalue weighted by molar-refractivity contribution is 5.92. The van der Waals surface area contributed by atoms with Gasteiger partial charge in [-0.1, -0.05) is 24.3 Å². The first-order chi connectivity index (χ1) is 13.6. The monoisotopic (exact) mass is 380 g/mol. The third-order valence-electron chi connectivity index (χ3n) is 4.46. The van der Waals surface area contributed by atoms with Gasteiger partial charge in [0.1, 0.15) is 6.33 Å². The molecule has 10 nitrogen and oxygen atoms in total. The summed E-state index contributed by atoms with van der Waals surface area (Å²) in [5.41, 5.74) is 6.87. The Hall–Kier alpha value is -3.95. The molecule has 2 aromatic heterocycles. The average molecular weight is 380 g/mol. The van der Waals surface area contributed by atoms with Crippen molar-refractivity contribution in [3.05, 3.63) is 76.0 Å². The van der Waals surface area contributed by atoms with E-state index in [9.17, 15) is 14.9 Å². The molecule has 0 spiro atoms. The van der Waals surface area contributed by atoms with E-state index in [1.54, 1.807) is 6.07 Å². The molecule has 0 radical (unpaired) electrons. The molecule has 28 heavy (non-hydrogen) atoms. The maximum Gasteiger partial charge on any atom is 0.355 e. The van der Waals surface area contributed by atoms with Gasteiger partial charge in [0.2, 0.25) is 11.6 Å². The Balaban J connectivity index is 1.59. The fraction of sp³-hybridized carbons (Fsp3) is 0.167. The molecule has 2 N–H and O–H groups in total. The molecule has 1 aliphatic heterocycles. The molecule has 0 saturated carbocycles. The smallest absolute Gasteiger partial charge is 0.355 e. The zero-order valence-corrected chi connectivity index (χ0v) is 14.7. The first-order valence-corrected chi connectivity index (χ1v) is 8.54. The number of hydrazine groups is 1. The standard InChI is InChI=1S/C18H16N6O4/c25-18(14-6-3-9-28-14)22-21-16-15(24(26)27)17(20-11-19-16)23-8-7-12-4-1-2-5-13(12)10-23/h1-6,9,11H,7-8,10H2,(H,22,25)(H,19,20,21). The number of hydrogen-bond donors (Lipinski definition) is 2. The number of aromatic nitrogens is 2. The zero-order chi connectivity index (χ0) is 19.5. The molecular formula is C18H16N6O4. The van der Waals surface area contributed by atoms with Crippen LogP contribution < -0.4 is 15.8 Å². The van der Waals surface area contributed by atoms with Gasteiger partial charge in [0.15, 0.2) is 5.76 Å². The SMILES string of the molecule is O=C(NNc1ncnc(N2CCc3ccccc3C2)c1[N+](=O)[O-])c1ccco1. The molecule has 0 atom stereocenters. The van der Waals surface area contributed by atoms with Crippen LogP contribution in [-0.4, -0.2) is 27.3 Å². The van der Waals surface area contributed by atoms with Gasteiger partial charge < -0.3 is 9.32 Å². The summed E-state index contributed by atoms with van der Waals surface area (Å²) in [6, 6.07) is 11.0. The Morgan fingerprint density at radius 2 is 2.00 bits per heavy atom. The molecular weight excluding hydrogens is 364 g/mol. The maximum absolute atomic E-state index is 12.0. The summed E-state index contributed by atoms with van der Waals surface area (Å²) in [6.07, 6.45) is 3.34. The van der Waals surface area contributed by atoms with Gasteiger partial charge in [0.25, 0.3) is 0 Å². The average Bonchev–Trinajstić information content (AvgIpc) is 3.26. The highest BCUT2D eigenvalue weighted by Crippen LogP contribution is 2.34. The summed E-state index contributed by atoms with van der Waals surface area (Å²) >= 11 is 0. The fourth-order valence-corrected chi connectivity index (χ4v) is 3.12. The third-order valence-corrected chi connectivity index (χ3v) is 4.46. The molecule has 142 valence electrons. The number of nitro groups is 1. The van der Waals surface area contributed by atoms with Crippen LogP contribution in [0.15, 0.2) is 53.4 Å². The van der Waals surface area contributed by atoms with Crippen LogP contribution in [0.4, 0.5) is 17.3 Å². The van der Waals surface area contributed by atoms with Crippen LogP contribution >= 0.6 is 0 Å². The molecule has 4 rings (SSSR count). The van der Waals surface area contributed by atoms with Gasteiger partial charge in [0, 0.05) is 13.1 Å². The lowest BCUT2D eigenvalue weighted by molar-refractivity contribution is -0.383. The summed E-state index contributed by atoms with van der Waals surface area (Å²) in [6.45, 7) is 1.10. The van der Waals surface area contributed by atoms with Crippen molar-refractivity contribution in [3.8, 4) is 0 Å². The second-order valence-electron chi connectivity index (χ2n) is 6.15. The van der Waals surface area contributed by atoms with E-state index in [0.29, 0.717) is 13.1 Å². The number of nitrogens with zero attached hydrogens (tertiary/aromatic N) is 4. The number of rotatable bonds is 5.